The van der Waals surface area contributed by atoms with Crippen LogP contribution in [0.2, 0.25) is 5.02 Å². The first-order valence-electron chi connectivity index (χ1n) is 8.01. The predicted octanol–water partition coefficient (Wildman–Crippen LogP) is 4.88. The molecule has 7 heteroatoms. The molecule has 0 aliphatic carbocycles. The Labute approximate surface area is 160 Å². The minimum absolute atomic E-state index is 0.120. The average Bonchev–Trinajstić information content (AvgIpc) is 3.09. The number of amides is 1. The van der Waals surface area contributed by atoms with Gasteiger partial charge in [0.05, 0.1) is 12.3 Å². The number of rotatable bonds is 7. The number of hydrogen-bond donors (Lipinski definition) is 1. The molecule has 5 nitrogen and oxygen atoms in total. The molecule has 0 spiro atoms. The molecular weight excluding hydrogens is 372 g/mol. The fourth-order valence-corrected chi connectivity index (χ4v) is 3.18. The van der Waals surface area contributed by atoms with Gasteiger partial charge in [0.2, 0.25) is 0 Å². The van der Waals surface area contributed by atoms with E-state index < -0.39 is 0 Å². The highest BCUT2D eigenvalue weighted by molar-refractivity contribution is 7.14. The van der Waals surface area contributed by atoms with Crippen LogP contribution in [0.15, 0.2) is 53.9 Å². The van der Waals surface area contributed by atoms with Crippen molar-refractivity contribution in [2.45, 2.75) is 6.92 Å². The van der Waals surface area contributed by atoms with Gasteiger partial charge < -0.3 is 9.47 Å². The summed E-state index contributed by atoms with van der Waals surface area (Å²) in [7, 11) is 0. The SMILES string of the molecule is CCOc1ccccc1-c1csc(NC(=O)COc2cccc(Cl)c2)n1. The number of thiazole rings is 1. The minimum atomic E-state index is -0.288. The van der Waals surface area contributed by atoms with E-state index in [0.29, 0.717) is 22.5 Å². The molecule has 0 aliphatic rings. The number of anilines is 1. The summed E-state index contributed by atoms with van der Waals surface area (Å²) in [5.41, 5.74) is 1.64. The van der Waals surface area contributed by atoms with E-state index in [1.165, 1.54) is 11.3 Å². The van der Waals surface area contributed by atoms with Gasteiger partial charge in [0, 0.05) is 16.0 Å². The number of halogens is 1. The van der Waals surface area contributed by atoms with Crippen molar-refractivity contribution in [2.75, 3.05) is 18.5 Å². The Balaban J connectivity index is 1.62. The number of ether oxygens (including phenoxy) is 2. The smallest absolute Gasteiger partial charge is 0.264 e. The third kappa shape index (κ3) is 4.74. The maximum Gasteiger partial charge on any atom is 0.264 e. The number of nitrogens with one attached hydrogen (secondary N) is 1. The highest BCUT2D eigenvalue weighted by Gasteiger charge is 2.12. The molecule has 1 amide bonds. The van der Waals surface area contributed by atoms with Crippen molar-refractivity contribution < 1.29 is 14.3 Å². The van der Waals surface area contributed by atoms with E-state index in [4.69, 9.17) is 21.1 Å². The summed E-state index contributed by atoms with van der Waals surface area (Å²) in [6, 6.07) is 14.6. The molecule has 1 N–H and O–H groups in total. The summed E-state index contributed by atoms with van der Waals surface area (Å²) in [5.74, 6) is 1.02. The molecule has 0 bridgehead atoms. The average molecular weight is 389 g/mol. The monoisotopic (exact) mass is 388 g/mol. The van der Waals surface area contributed by atoms with Crippen molar-refractivity contribution in [3.05, 3.63) is 58.9 Å². The van der Waals surface area contributed by atoms with Gasteiger partial charge in [-0.3, -0.25) is 10.1 Å². The van der Waals surface area contributed by atoms with Crippen LogP contribution in [-0.2, 0) is 4.79 Å². The van der Waals surface area contributed by atoms with Crippen molar-refractivity contribution in [2.24, 2.45) is 0 Å². The van der Waals surface area contributed by atoms with Crippen LogP contribution in [0, 0.1) is 0 Å². The Kier molecular flexibility index (Phi) is 6.09. The van der Waals surface area contributed by atoms with Gasteiger partial charge in [-0.15, -0.1) is 11.3 Å². The lowest BCUT2D eigenvalue weighted by Gasteiger charge is -2.07. The third-order valence-electron chi connectivity index (χ3n) is 3.38. The van der Waals surface area contributed by atoms with Crippen LogP contribution in [0.5, 0.6) is 11.5 Å². The number of aromatic nitrogens is 1. The maximum atomic E-state index is 12.1. The molecule has 134 valence electrons. The zero-order valence-electron chi connectivity index (χ0n) is 14.1. The standard InChI is InChI=1S/C19H17ClN2O3S/c1-2-24-17-9-4-3-8-15(17)16-12-26-19(21-16)22-18(23)11-25-14-7-5-6-13(20)10-14/h3-10,12H,2,11H2,1H3,(H,21,22,23). The van der Waals surface area contributed by atoms with Gasteiger partial charge in [-0.25, -0.2) is 4.98 Å². The number of carbonyl (C=O) groups excluding carboxylic acids is 1. The van der Waals surface area contributed by atoms with Gasteiger partial charge in [-0.1, -0.05) is 29.8 Å². The quantitative estimate of drug-likeness (QED) is 0.626. The molecule has 3 aromatic rings. The second-order valence-corrected chi connectivity index (χ2v) is 6.56. The minimum Gasteiger partial charge on any atom is -0.493 e. The largest absolute Gasteiger partial charge is 0.493 e. The Morgan fingerprint density at radius 2 is 2.04 bits per heavy atom. The molecule has 3 rings (SSSR count). The predicted molar refractivity (Wildman–Crippen MR) is 104 cm³/mol. The molecule has 1 aromatic heterocycles. The molecule has 0 saturated carbocycles. The van der Waals surface area contributed by atoms with Gasteiger partial charge in [0.1, 0.15) is 11.5 Å². The fraction of sp³-hybridized carbons (Fsp3) is 0.158. The van der Waals surface area contributed by atoms with Crippen LogP contribution in [0.3, 0.4) is 0 Å². The second-order valence-electron chi connectivity index (χ2n) is 5.26. The number of carbonyl (C=O) groups is 1. The maximum absolute atomic E-state index is 12.1. The Hall–Kier alpha value is -2.57. The van der Waals surface area contributed by atoms with E-state index >= 15 is 0 Å². The molecule has 0 fully saturated rings. The van der Waals surface area contributed by atoms with Crippen molar-refractivity contribution in [1.29, 1.82) is 0 Å². The third-order valence-corrected chi connectivity index (χ3v) is 4.37. The lowest BCUT2D eigenvalue weighted by Crippen LogP contribution is -2.20. The van der Waals surface area contributed by atoms with Crippen LogP contribution in [0.1, 0.15) is 6.92 Å². The van der Waals surface area contributed by atoms with Crippen molar-refractivity contribution in [3.8, 4) is 22.8 Å². The van der Waals surface area contributed by atoms with Crippen LogP contribution < -0.4 is 14.8 Å². The highest BCUT2D eigenvalue weighted by atomic mass is 35.5. The molecule has 0 atom stereocenters. The van der Waals surface area contributed by atoms with Crippen LogP contribution >= 0.6 is 22.9 Å². The summed E-state index contributed by atoms with van der Waals surface area (Å²) in [6.45, 7) is 2.39. The number of nitrogens with zero attached hydrogens (tertiary/aromatic N) is 1. The Bertz CT molecular complexity index is 898. The zero-order chi connectivity index (χ0) is 18.4. The summed E-state index contributed by atoms with van der Waals surface area (Å²) < 4.78 is 11.0. The first kappa shape index (κ1) is 18.2. The van der Waals surface area contributed by atoms with E-state index in [1.54, 1.807) is 24.3 Å². The van der Waals surface area contributed by atoms with Crippen LogP contribution in [0.4, 0.5) is 5.13 Å². The van der Waals surface area contributed by atoms with Gasteiger partial charge in [0.25, 0.3) is 5.91 Å². The van der Waals surface area contributed by atoms with Crippen molar-refractivity contribution in [3.63, 3.8) is 0 Å². The summed E-state index contributed by atoms with van der Waals surface area (Å²) in [6.07, 6.45) is 0. The van der Waals surface area contributed by atoms with Crippen molar-refractivity contribution >= 4 is 34.0 Å². The van der Waals surface area contributed by atoms with E-state index in [1.807, 2.05) is 36.6 Å². The molecule has 0 aliphatic heterocycles. The Morgan fingerprint density at radius 3 is 2.85 bits per heavy atom. The van der Waals surface area contributed by atoms with Gasteiger partial charge in [-0.2, -0.15) is 0 Å². The molecule has 2 aromatic carbocycles. The molecule has 0 saturated heterocycles. The number of benzene rings is 2. The van der Waals surface area contributed by atoms with E-state index in [9.17, 15) is 4.79 Å². The van der Waals surface area contributed by atoms with Crippen LogP contribution in [-0.4, -0.2) is 24.1 Å². The number of para-hydroxylation sites is 1. The van der Waals surface area contributed by atoms with E-state index in [-0.39, 0.29) is 12.5 Å². The molecule has 1 heterocycles. The highest BCUT2D eigenvalue weighted by Crippen LogP contribution is 2.32. The van der Waals surface area contributed by atoms with Crippen molar-refractivity contribution in [1.82, 2.24) is 4.98 Å². The first-order chi connectivity index (χ1) is 12.7. The summed E-state index contributed by atoms with van der Waals surface area (Å²) >= 11 is 7.24. The van der Waals surface area contributed by atoms with E-state index in [2.05, 4.69) is 10.3 Å². The zero-order valence-corrected chi connectivity index (χ0v) is 15.6. The molecular formula is C19H17ClN2O3S. The number of hydrogen-bond acceptors (Lipinski definition) is 5. The van der Waals surface area contributed by atoms with Crippen LogP contribution in [0.25, 0.3) is 11.3 Å². The lowest BCUT2D eigenvalue weighted by atomic mass is 10.1. The van der Waals surface area contributed by atoms with Gasteiger partial charge in [-0.05, 0) is 37.3 Å². The van der Waals surface area contributed by atoms with Gasteiger partial charge in [0.15, 0.2) is 11.7 Å². The van der Waals surface area contributed by atoms with Gasteiger partial charge >= 0.3 is 0 Å². The normalized spacial score (nSPS) is 10.4. The topological polar surface area (TPSA) is 60.5 Å². The van der Waals surface area contributed by atoms with E-state index in [0.717, 1.165) is 17.0 Å². The molecule has 26 heavy (non-hydrogen) atoms. The second kappa shape index (κ2) is 8.69. The molecule has 0 radical (unpaired) electrons. The summed E-state index contributed by atoms with van der Waals surface area (Å²) in [4.78, 5) is 16.5. The lowest BCUT2D eigenvalue weighted by molar-refractivity contribution is -0.118. The summed E-state index contributed by atoms with van der Waals surface area (Å²) in [5, 5.41) is 5.68. The fourth-order valence-electron chi connectivity index (χ4n) is 2.28. The molecule has 0 unspecified atom stereocenters. The Morgan fingerprint density at radius 1 is 1.19 bits per heavy atom. The first-order valence-corrected chi connectivity index (χ1v) is 9.27.